The van der Waals surface area contributed by atoms with Gasteiger partial charge in [0.15, 0.2) is 18.2 Å². The summed E-state index contributed by atoms with van der Waals surface area (Å²) in [6, 6.07) is 2.67. The molecular formula is C9H8F3NO4. The van der Waals surface area contributed by atoms with Crippen LogP contribution in [0.2, 0.25) is 0 Å². The number of ether oxygens (including phenoxy) is 2. The van der Waals surface area contributed by atoms with Crippen LogP contribution in [0.1, 0.15) is 10.5 Å². The van der Waals surface area contributed by atoms with E-state index in [0.29, 0.717) is 0 Å². The summed E-state index contributed by atoms with van der Waals surface area (Å²) >= 11 is 0. The van der Waals surface area contributed by atoms with Gasteiger partial charge in [-0.3, -0.25) is 0 Å². The highest BCUT2D eigenvalue weighted by Crippen LogP contribution is 2.17. The maximum absolute atomic E-state index is 11.7. The Kier molecular flexibility index (Phi) is 4.27. The van der Waals surface area contributed by atoms with Gasteiger partial charge in [0.25, 0.3) is 0 Å². The average molecular weight is 251 g/mol. The molecule has 17 heavy (non-hydrogen) atoms. The first-order valence-electron chi connectivity index (χ1n) is 4.36. The van der Waals surface area contributed by atoms with Crippen LogP contribution in [0.4, 0.5) is 13.2 Å². The lowest BCUT2D eigenvalue weighted by Gasteiger charge is -2.10. The largest absolute Gasteiger partial charge is 0.476 e. The van der Waals surface area contributed by atoms with Gasteiger partial charge in [-0.05, 0) is 12.1 Å². The molecule has 94 valence electrons. The van der Waals surface area contributed by atoms with Crippen LogP contribution in [-0.2, 0) is 4.74 Å². The zero-order chi connectivity index (χ0) is 12.9. The number of rotatable bonds is 5. The molecular weight excluding hydrogens is 243 g/mol. The van der Waals surface area contributed by atoms with Crippen molar-refractivity contribution in [1.82, 2.24) is 4.98 Å². The Labute approximate surface area is 93.8 Å². The minimum atomic E-state index is -4.45. The van der Waals surface area contributed by atoms with Gasteiger partial charge in [0.1, 0.15) is 6.61 Å². The molecule has 0 atom stereocenters. The molecule has 0 fully saturated rings. The number of carboxylic acids is 1. The molecule has 0 aliphatic carbocycles. The van der Waals surface area contributed by atoms with E-state index in [1.807, 2.05) is 0 Å². The van der Waals surface area contributed by atoms with Gasteiger partial charge in [0.05, 0.1) is 0 Å². The number of nitrogens with zero attached hydrogens (tertiary/aromatic N) is 1. The van der Waals surface area contributed by atoms with Crippen molar-refractivity contribution in [2.24, 2.45) is 0 Å². The van der Waals surface area contributed by atoms with Gasteiger partial charge in [-0.1, -0.05) is 0 Å². The molecule has 0 aliphatic heterocycles. The fourth-order valence-corrected chi connectivity index (χ4v) is 0.930. The molecule has 1 aromatic rings. The second kappa shape index (κ2) is 5.48. The smallest absolute Gasteiger partial charge is 0.411 e. The first-order valence-corrected chi connectivity index (χ1v) is 4.36. The number of hydrogen-bond donors (Lipinski definition) is 1. The second-order valence-electron chi connectivity index (χ2n) is 2.88. The Hall–Kier alpha value is -1.83. The number of carboxylic acid groups (broad SMARTS) is 1. The van der Waals surface area contributed by atoms with Crippen molar-refractivity contribution in [2.75, 3.05) is 13.4 Å². The number of aromatic nitrogens is 1. The lowest BCUT2D eigenvalue weighted by molar-refractivity contribution is -0.186. The Morgan fingerprint density at radius 2 is 2.18 bits per heavy atom. The van der Waals surface area contributed by atoms with Crippen LogP contribution in [0.5, 0.6) is 5.75 Å². The van der Waals surface area contributed by atoms with Crippen molar-refractivity contribution in [3.8, 4) is 5.75 Å². The maximum Gasteiger partial charge on any atom is 0.411 e. The fourth-order valence-electron chi connectivity index (χ4n) is 0.930. The lowest BCUT2D eigenvalue weighted by Crippen LogP contribution is -2.19. The Balaban J connectivity index is 2.49. The van der Waals surface area contributed by atoms with Crippen molar-refractivity contribution in [1.29, 1.82) is 0 Å². The lowest BCUT2D eigenvalue weighted by atomic mass is 10.3. The van der Waals surface area contributed by atoms with E-state index in [4.69, 9.17) is 9.84 Å². The van der Waals surface area contributed by atoms with E-state index in [1.54, 1.807) is 0 Å². The molecule has 8 heteroatoms. The first-order chi connectivity index (χ1) is 7.90. The van der Waals surface area contributed by atoms with E-state index in [2.05, 4.69) is 9.72 Å². The Morgan fingerprint density at radius 1 is 1.47 bits per heavy atom. The standard InChI is InChI=1S/C9H8F3NO4/c10-9(11,12)4-16-5-17-6-2-1-3-13-7(6)8(14)15/h1-3H,4-5H2,(H,14,15). The minimum absolute atomic E-state index is 0.151. The van der Waals surface area contributed by atoms with Crippen molar-refractivity contribution >= 4 is 5.97 Å². The van der Waals surface area contributed by atoms with Gasteiger partial charge in [0.2, 0.25) is 0 Å². The third kappa shape index (κ3) is 4.68. The van der Waals surface area contributed by atoms with Gasteiger partial charge in [-0.15, -0.1) is 0 Å². The molecule has 1 rings (SSSR count). The quantitative estimate of drug-likeness (QED) is 0.637. The fraction of sp³-hybridized carbons (Fsp3) is 0.333. The van der Waals surface area contributed by atoms with Crippen LogP contribution in [0.3, 0.4) is 0 Å². The van der Waals surface area contributed by atoms with E-state index in [9.17, 15) is 18.0 Å². The molecule has 0 saturated carbocycles. The molecule has 1 aromatic heterocycles. The zero-order valence-corrected chi connectivity index (χ0v) is 8.40. The molecule has 0 aromatic carbocycles. The van der Waals surface area contributed by atoms with Gasteiger partial charge in [-0.2, -0.15) is 13.2 Å². The number of aromatic carboxylic acids is 1. The highest BCUT2D eigenvalue weighted by molar-refractivity contribution is 5.88. The Bertz CT molecular complexity index is 394. The number of halogens is 3. The van der Waals surface area contributed by atoms with E-state index in [1.165, 1.54) is 18.3 Å². The monoisotopic (exact) mass is 251 g/mol. The summed E-state index contributed by atoms with van der Waals surface area (Å²) in [7, 11) is 0. The van der Waals surface area contributed by atoms with Crippen LogP contribution < -0.4 is 4.74 Å². The van der Waals surface area contributed by atoms with Gasteiger partial charge in [-0.25, -0.2) is 9.78 Å². The summed E-state index contributed by atoms with van der Waals surface area (Å²) in [6.07, 6.45) is -3.22. The molecule has 0 amide bonds. The molecule has 0 unspecified atom stereocenters. The SMILES string of the molecule is O=C(O)c1ncccc1OCOCC(F)(F)F. The van der Waals surface area contributed by atoms with Crippen LogP contribution >= 0.6 is 0 Å². The third-order valence-corrected chi connectivity index (χ3v) is 1.54. The predicted molar refractivity (Wildman–Crippen MR) is 48.7 cm³/mol. The van der Waals surface area contributed by atoms with Gasteiger partial charge >= 0.3 is 12.1 Å². The van der Waals surface area contributed by atoms with Crippen molar-refractivity contribution in [3.63, 3.8) is 0 Å². The number of hydrogen-bond acceptors (Lipinski definition) is 4. The summed E-state index contributed by atoms with van der Waals surface area (Å²) in [5.41, 5.74) is -0.386. The molecule has 0 radical (unpaired) electrons. The highest BCUT2D eigenvalue weighted by Gasteiger charge is 2.27. The van der Waals surface area contributed by atoms with Crippen molar-refractivity contribution in [3.05, 3.63) is 24.0 Å². The topological polar surface area (TPSA) is 68.7 Å². The molecule has 0 aliphatic rings. The van der Waals surface area contributed by atoms with Crippen molar-refractivity contribution < 1.29 is 32.5 Å². The van der Waals surface area contributed by atoms with Gasteiger partial charge in [0, 0.05) is 6.20 Å². The van der Waals surface area contributed by atoms with E-state index >= 15 is 0 Å². The molecule has 0 saturated heterocycles. The molecule has 0 bridgehead atoms. The molecule has 0 spiro atoms. The van der Waals surface area contributed by atoms with Crippen molar-refractivity contribution in [2.45, 2.75) is 6.18 Å². The van der Waals surface area contributed by atoms with Gasteiger partial charge < -0.3 is 14.6 Å². The van der Waals surface area contributed by atoms with E-state index in [0.717, 1.165) is 0 Å². The molecule has 5 nitrogen and oxygen atoms in total. The van der Waals surface area contributed by atoms with E-state index < -0.39 is 25.5 Å². The summed E-state index contributed by atoms with van der Waals surface area (Å²) in [5, 5.41) is 8.69. The summed E-state index contributed by atoms with van der Waals surface area (Å²) in [4.78, 5) is 14.2. The third-order valence-electron chi connectivity index (χ3n) is 1.54. The first kappa shape index (κ1) is 13.2. The molecule has 1 N–H and O–H groups in total. The predicted octanol–water partition coefficient (Wildman–Crippen LogP) is 1.70. The summed E-state index contributed by atoms with van der Waals surface area (Å²) < 4.78 is 44.0. The van der Waals surface area contributed by atoms with Crippen LogP contribution in [-0.4, -0.2) is 35.6 Å². The Morgan fingerprint density at radius 3 is 2.76 bits per heavy atom. The maximum atomic E-state index is 11.7. The summed E-state index contributed by atoms with van der Waals surface area (Å²) in [6.45, 7) is -2.17. The number of alkyl halides is 3. The highest BCUT2D eigenvalue weighted by atomic mass is 19.4. The number of pyridine rings is 1. The van der Waals surface area contributed by atoms with Crippen LogP contribution in [0.25, 0.3) is 0 Å². The minimum Gasteiger partial charge on any atom is -0.476 e. The normalized spacial score (nSPS) is 11.2. The summed E-state index contributed by atoms with van der Waals surface area (Å²) in [5.74, 6) is -1.49. The molecule has 1 heterocycles. The number of carbonyl (C=O) groups is 1. The van der Waals surface area contributed by atoms with E-state index in [-0.39, 0.29) is 11.4 Å². The average Bonchev–Trinajstić information content (AvgIpc) is 2.23. The second-order valence-corrected chi connectivity index (χ2v) is 2.88. The zero-order valence-electron chi connectivity index (χ0n) is 8.40. The van der Waals surface area contributed by atoms with Crippen LogP contribution in [0, 0.1) is 0 Å². The van der Waals surface area contributed by atoms with Crippen LogP contribution in [0.15, 0.2) is 18.3 Å².